The maximum atomic E-state index is 9.76. The van der Waals surface area contributed by atoms with Crippen molar-refractivity contribution in [2.45, 2.75) is 38.7 Å². The predicted octanol–water partition coefficient (Wildman–Crippen LogP) is 1.62. The van der Waals surface area contributed by atoms with Crippen molar-refractivity contribution in [2.75, 3.05) is 52.9 Å². The molecule has 1 saturated heterocycles. The highest BCUT2D eigenvalue weighted by Gasteiger charge is 2.22. The standard InChI is InChI=1S/C15H30O5/c1-2-3-6-17-9-11-19-12-10-18-7-4-14-13-20-8-5-15(14)16/h14-16H,2-13H2,1H3. The molecule has 0 amide bonds. The number of hydrogen-bond donors (Lipinski definition) is 1. The van der Waals surface area contributed by atoms with Crippen LogP contribution in [0.2, 0.25) is 0 Å². The molecule has 1 aliphatic rings. The summed E-state index contributed by atoms with van der Waals surface area (Å²) >= 11 is 0. The zero-order chi connectivity index (χ0) is 14.5. The zero-order valence-corrected chi connectivity index (χ0v) is 12.7. The second kappa shape index (κ2) is 12.5. The fourth-order valence-electron chi connectivity index (χ4n) is 2.08. The molecule has 2 unspecified atom stereocenters. The molecular weight excluding hydrogens is 260 g/mol. The third-order valence-corrected chi connectivity index (χ3v) is 3.45. The van der Waals surface area contributed by atoms with E-state index in [1.165, 1.54) is 0 Å². The second-order valence-electron chi connectivity index (χ2n) is 5.17. The predicted molar refractivity (Wildman–Crippen MR) is 76.9 cm³/mol. The fourth-order valence-corrected chi connectivity index (χ4v) is 2.08. The van der Waals surface area contributed by atoms with Gasteiger partial charge in [-0.1, -0.05) is 13.3 Å². The maximum absolute atomic E-state index is 9.76. The van der Waals surface area contributed by atoms with Gasteiger partial charge in [-0.15, -0.1) is 0 Å². The highest BCUT2D eigenvalue weighted by Crippen LogP contribution is 2.17. The Bertz CT molecular complexity index is 212. The van der Waals surface area contributed by atoms with E-state index in [1.54, 1.807) is 0 Å². The van der Waals surface area contributed by atoms with Gasteiger partial charge in [0.2, 0.25) is 0 Å². The third kappa shape index (κ3) is 8.87. The van der Waals surface area contributed by atoms with Gasteiger partial charge in [0, 0.05) is 25.7 Å². The monoisotopic (exact) mass is 290 g/mol. The van der Waals surface area contributed by atoms with Crippen molar-refractivity contribution >= 4 is 0 Å². The van der Waals surface area contributed by atoms with Crippen LogP contribution in [0.3, 0.4) is 0 Å². The molecule has 120 valence electrons. The van der Waals surface area contributed by atoms with E-state index >= 15 is 0 Å². The molecule has 5 heteroatoms. The van der Waals surface area contributed by atoms with Gasteiger partial charge in [0.1, 0.15) is 0 Å². The molecule has 0 aromatic rings. The molecule has 0 aliphatic carbocycles. The fraction of sp³-hybridized carbons (Fsp3) is 1.00. The van der Waals surface area contributed by atoms with Crippen LogP contribution >= 0.6 is 0 Å². The molecular formula is C15H30O5. The molecule has 0 spiro atoms. The molecule has 0 radical (unpaired) electrons. The van der Waals surface area contributed by atoms with Crippen LogP contribution in [0.1, 0.15) is 32.6 Å². The zero-order valence-electron chi connectivity index (χ0n) is 12.7. The number of aliphatic hydroxyl groups excluding tert-OH is 1. The van der Waals surface area contributed by atoms with Crippen LogP contribution < -0.4 is 0 Å². The third-order valence-electron chi connectivity index (χ3n) is 3.45. The minimum Gasteiger partial charge on any atom is -0.393 e. The molecule has 1 fully saturated rings. The van der Waals surface area contributed by atoms with Crippen LogP contribution in [-0.2, 0) is 18.9 Å². The van der Waals surface area contributed by atoms with Crippen molar-refractivity contribution in [1.82, 2.24) is 0 Å². The van der Waals surface area contributed by atoms with Crippen molar-refractivity contribution in [2.24, 2.45) is 5.92 Å². The number of unbranched alkanes of at least 4 members (excludes halogenated alkanes) is 1. The molecule has 0 bridgehead atoms. The lowest BCUT2D eigenvalue weighted by molar-refractivity contribution is -0.0499. The lowest BCUT2D eigenvalue weighted by Gasteiger charge is -2.27. The SMILES string of the molecule is CCCCOCCOCCOCCC1COCCC1O. The molecule has 5 nitrogen and oxygen atoms in total. The Kier molecular flexibility index (Phi) is 11.2. The number of hydrogen-bond acceptors (Lipinski definition) is 5. The first-order valence-electron chi connectivity index (χ1n) is 7.83. The molecule has 1 aliphatic heterocycles. The first-order valence-corrected chi connectivity index (χ1v) is 7.83. The van der Waals surface area contributed by atoms with Crippen molar-refractivity contribution in [3.8, 4) is 0 Å². The van der Waals surface area contributed by atoms with E-state index in [-0.39, 0.29) is 12.0 Å². The van der Waals surface area contributed by atoms with Crippen molar-refractivity contribution in [3.63, 3.8) is 0 Å². The van der Waals surface area contributed by atoms with Crippen molar-refractivity contribution in [3.05, 3.63) is 0 Å². The lowest BCUT2D eigenvalue weighted by Crippen LogP contribution is -2.32. The largest absolute Gasteiger partial charge is 0.393 e. The lowest BCUT2D eigenvalue weighted by atomic mass is 9.96. The maximum Gasteiger partial charge on any atom is 0.0701 e. The van der Waals surface area contributed by atoms with E-state index in [0.29, 0.717) is 46.2 Å². The summed E-state index contributed by atoms with van der Waals surface area (Å²) in [7, 11) is 0. The summed E-state index contributed by atoms with van der Waals surface area (Å²) in [6, 6.07) is 0. The summed E-state index contributed by atoms with van der Waals surface area (Å²) in [6.07, 6.45) is 3.63. The number of aliphatic hydroxyl groups is 1. The second-order valence-corrected chi connectivity index (χ2v) is 5.17. The van der Waals surface area contributed by atoms with E-state index in [9.17, 15) is 5.11 Å². The molecule has 0 aromatic carbocycles. The Hall–Kier alpha value is -0.200. The van der Waals surface area contributed by atoms with E-state index in [4.69, 9.17) is 18.9 Å². The van der Waals surface area contributed by atoms with Crippen LogP contribution in [0.5, 0.6) is 0 Å². The first kappa shape index (κ1) is 17.9. The first-order chi connectivity index (χ1) is 9.84. The summed E-state index contributed by atoms with van der Waals surface area (Å²) in [5.74, 6) is 0.219. The normalized spacial score (nSPS) is 23.1. The van der Waals surface area contributed by atoms with E-state index in [0.717, 1.165) is 32.3 Å². The minimum absolute atomic E-state index is 0.219. The Labute approximate surface area is 122 Å². The Morgan fingerprint density at radius 3 is 2.30 bits per heavy atom. The van der Waals surface area contributed by atoms with Crippen LogP contribution in [0.15, 0.2) is 0 Å². The number of ether oxygens (including phenoxy) is 4. The summed E-state index contributed by atoms with van der Waals surface area (Å²) in [4.78, 5) is 0. The quantitative estimate of drug-likeness (QED) is 0.554. The Morgan fingerprint density at radius 2 is 1.65 bits per heavy atom. The molecule has 20 heavy (non-hydrogen) atoms. The molecule has 1 heterocycles. The van der Waals surface area contributed by atoms with Gasteiger partial charge in [-0.05, 0) is 19.3 Å². The van der Waals surface area contributed by atoms with Gasteiger partial charge in [0.15, 0.2) is 0 Å². The average Bonchev–Trinajstić information content (AvgIpc) is 2.46. The van der Waals surface area contributed by atoms with E-state index in [1.807, 2.05) is 0 Å². The van der Waals surface area contributed by atoms with Crippen LogP contribution in [0, 0.1) is 5.92 Å². The van der Waals surface area contributed by atoms with Gasteiger partial charge in [-0.2, -0.15) is 0 Å². The smallest absolute Gasteiger partial charge is 0.0701 e. The van der Waals surface area contributed by atoms with E-state index in [2.05, 4.69) is 6.92 Å². The van der Waals surface area contributed by atoms with Gasteiger partial charge < -0.3 is 24.1 Å². The molecule has 1 N–H and O–H groups in total. The summed E-state index contributed by atoms with van der Waals surface area (Å²) in [6.45, 7) is 7.43. The Morgan fingerprint density at radius 1 is 1.00 bits per heavy atom. The molecule has 2 atom stereocenters. The molecule has 0 aromatic heterocycles. The van der Waals surface area contributed by atoms with Crippen LogP contribution in [-0.4, -0.2) is 64.1 Å². The molecule has 0 saturated carbocycles. The molecule has 1 rings (SSSR count). The van der Waals surface area contributed by atoms with Crippen LogP contribution in [0.4, 0.5) is 0 Å². The average molecular weight is 290 g/mol. The van der Waals surface area contributed by atoms with Gasteiger partial charge in [0.05, 0.1) is 39.1 Å². The van der Waals surface area contributed by atoms with Crippen molar-refractivity contribution < 1.29 is 24.1 Å². The highest BCUT2D eigenvalue weighted by molar-refractivity contribution is 4.72. The Balaban J connectivity index is 1.78. The summed E-state index contributed by atoms with van der Waals surface area (Å²) < 4.78 is 21.6. The van der Waals surface area contributed by atoms with Gasteiger partial charge in [-0.3, -0.25) is 0 Å². The summed E-state index contributed by atoms with van der Waals surface area (Å²) in [5.41, 5.74) is 0. The van der Waals surface area contributed by atoms with E-state index < -0.39 is 0 Å². The number of rotatable bonds is 12. The topological polar surface area (TPSA) is 57.2 Å². The van der Waals surface area contributed by atoms with Crippen molar-refractivity contribution in [1.29, 1.82) is 0 Å². The van der Waals surface area contributed by atoms with Crippen LogP contribution in [0.25, 0.3) is 0 Å². The van der Waals surface area contributed by atoms with Gasteiger partial charge >= 0.3 is 0 Å². The minimum atomic E-state index is -0.233. The van der Waals surface area contributed by atoms with Gasteiger partial charge in [-0.25, -0.2) is 0 Å². The highest BCUT2D eigenvalue weighted by atomic mass is 16.5. The summed E-state index contributed by atoms with van der Waals surface area (Å²) in [5, 5.41) is 9.76. The van der Waals surface area contributed by atoms with Gasteiger partial charge in [0.25, 0.3) is 0 Å².